The maximum absolute atomic E-state index is 11.9. The van der Waals surface area contributed by atoms with E-state index in [0.717, 1.165) is 0 Å². The normalized spacial score (nSPS) is 20.4. The topological polar surface area (TPSA) is 80.0 Å². The second-order valence-electron chi connectivity index (χ2n) is 5.14. The Morgan fingerprint density at radius 3 is 2.47 bits per heavy atom. The van der Waals surface area contributed by atoms with Crippen LogP contribution in [0.25, 0.3) is 0 Å². The summed E-state index contributed by atoms with van der Waals surface area (Å²) >= 11 is 0. The molecule has 0 radical (unpaired) electrons. The highest BCUT2D eigenvalue weighted by Gasteiger charge is 2.34. The molecule has 1 aliphatic heterocycles. The van der Waals surface area contributed by atoms with Crippen LogP contribution in [0.1, 0.15) is 20.8 Å². The van der Waals surface area contributed by atoms with Crippen molar-refractivity contribution in [2.75, 3.05) is 20.3 Å². The molecule has 0 bridgehead atoms. The third-order valence-corrected chi connectivity index (χ3v) is 2.48. The summed E-state index contributed by atoms with van der Waals surface area (Å²) in [6, 6.07) is -0.631. The van der Waals surface area contributed by atoms with E-state index in [1.807, 2.05) is 20.8 Å². The van der Waals surface area contributed by atoms with Crippen molar-refractivity contribution in [3.8, 4) is 0 Å². The SMILES string of the molecule is COC(=O)NC(C(=O)NC[C@@H]1CO1)C(C)(C)C. The largest absolute Gasteiger partial charge is 0.453 e. The molecule has 0 aromatic heterocycles. The lowest BCUT2D eigenvalue weighted by Crippen LogP contribution is -2.54. The van der Waals surface area contributed by atoms with Crippen molar-refractivity contribution in [2.24, 2.45) is 5.41 Å². The van der Waals surface area contributed by atoms with Crippen molar-refractivity contribution in [2.45, 2.75) is 32.9 Å². The van der Waals surface area contributed by atoms with E-state index >= 15 is 0 Å². The maximum Gasteiger partial charge on any atom is 0.407 e. The van der Waals surface area contributed by atoms with Crippen LogP contribution in [0.15, 0.2) is 0 Å². The highest BCUT2D eigenvalue weighted by atomic mass is 16.6. The first-order valence-electron chi connectivity index (χ1n) is 5.58. The van der Waals surface area contributed by atoms with Crippen molar-refractivity contribution in [1.82, 2.24) is 10.6 Å². The summed E-state index contributed by atoms with van der Waals surface area (Å²) < 4.78 is 9.51. The number of methoxy groups -OCH3 is 1. The lowest BCUT2D eigenvalue weighted by Gasteiger charge is -2.29. The summed E-state index contributed by atoms with van der Waals surface area (Å²) in [7, 11) is 1.27. The Balaban J connectivity index is 2.53. The molecule has 98 valence electrons. The van der Waals surface area contributed by atoms with E-state index in [4.69, 9.17) is 4.74 Å². The zero-order valence-electron chi connectivity index (χ0n) is 10.7. The first-order valence-corrected chi connectivity index (χ1v) is 5.58. The van der Waals surface area contributed by atoms with Crippen LogP contribution in [0.4, 0.5) is 4.79 Å². The van der Waals surface area contributed by atoms with Crippen molar-refractivity contribution in [3.63, 3.8) is 0 Å². The lowest BCUT2D eigenvalue weighted by molar-refractivity contribution is -0.125. The van der Waals surface area contributed by atoms with E-state index in [-0.39, 0.29) is 17.4 Å². The van der Waals surface area contributed by atoms with Gasteiger partial charge in [-0.2, -0.15) is 0 Å². The summed E-state index contributed by atoms with van der Waals surface area (Å²) in [4.78, 5) is 23.1. The van der Waals surface area contributed by atoms with Gasteiger partial charge in [0.15, 0.2) is 0 Å². The highest BCUT2D eigenvalue weighted by molar-refractivity contribution is 5.86. The van der Waals surface area contributed by atoms with Gasteiger partial charge in [-0.3, -0.25) is 4.79 Å². The van der Waals surface area contributed by atoms with Crippen LogP contribution in [0.5, 0.6) is 0 Å². The van der Waals surface area contributed by atoms with Gasteiger partial charge in [0.2, 0.25) is 5.91 Å². The monoisotopic (exact) mass is 244 g/mol. The number of hydrogen-bond acceptors (Lipinski definition) is 4. The third-order valence-electron chi connectivity index (χ3n) is 2.48. The molecule has 0 saturated carbocycles. The van der Waals surface area contributed by atoms with Gasteiger partial charge in [-0.05, 0) is 5.41 Å². The standard InChI is InChI=1S/C11H20N2O4/c1-11(2,3)8(13-10(15)16-4)9(14)12-5-7-6-17-7/h7-8H,5-6H2,1-4H3,(H,12,14)(H,13,15)/t7-,8?/m1/s1. The Morgan fingerprint density at radius 2 is 2.06 bits per heavy atom. The predicted octanol–water partition coefficient (Wildman–Crippen LogP) is 0.272. The van der Waals surface area contributed by atoms with Gasteiger partial charge in [0.05, 0.1) is 19.8 Å². The van der Waals surface area contributed by atoms with Crippen LogP contribution in [-0.2, 0) is 14.3 Å². The fourth-order valence-corrected chi connectivity index (χ4v) is 1.35. The molecule has 1 saturated heterocycles. The fraction of sp³-hybridized carbons (Fsp3) is 0.818. The van der Waals surface area contributed by atoms with E-state index < -0.39 is 12.1 Å². The minimum absolute atomic E-state index is 0.123. The summed E-state index contributed by atoms with van der Waals surface area (Å²) in [5.74, 6) is -0.224. The van der Waals surface area contributed by atoms with Gasteiger partial charge in [0.1, 0.15) is 6.04 Å². The molecule has 1 aliphatic rings. The maximum atomic E-state index is 11.9. The minimum Gasteiger partial charge on any atom is -0.453 e. The van der Waals surface area contributed by atoms with Gasteiger partial charge in [-0.1, -0.05) is 20.8 Å². The van der Waals surface area contributed by atoms with Crippen LogP contribution in [-0.4, -0.2) is 44.4 Å². The van der Waals surface area contributed by atoms with Crippen LogP contribution in [0.2, 0.25) is 0 Å². The Bertz CT molecular complexity index is 294. The van der Waals surface area contributed by atoms with Crippen molar-refractivity contribution in [3.05, 3.63) is 0 Å². The molecular formula is C11H20N2O4. The molecule has 1 rings (SSSR count). The van der Waals surface area contributed by atoms with Crippen molar-refractivity contribution < 1.29 is 19.1 Å². The van der Waals surface area contributed by atoms with E-state index in [0.29, 0.717) is 13.2 Å². The zero-order valence-corrected chi connectivity index (χ0v) is 10.7. The number of carbonyl (C=O) groups excluding carboxylic acids is 2. The molecule has 6 heteroatoms. The molecule has 2 atom stereocenters. The smallest absolute Gasteiger partial charge is 0.407 e. The first kappa shape index (κ1) is 13.8. The van der Waals surface area contributed by atoms with E-state index in [2.05, 4.69) is 15.4 Å². The Morgan fingerprint density at radius 1 is 1.47 bits per heavy atom. The van der Waals surface area contributed by atoms with Crippen LogP contribution in [0, 0.1) is 5.41 Å². The van der Waals surface area contributed by atoms with Gasteiger partial charge >= 0.3 is 6.09 Å². The molecule has 0 spiro atoms. The second kappa shape index (κ2) is 5.35. The second-order valence-corrected chi connectivity index (χ2v) is 5.14. The molecule has 6 nitrogen and oxygen atoms in total. The quantitative estimate of drug-likeness (QED) is 0.696. The minimum atomic E-state index is -0.631. The highest BCUT2D eigenvalue weighted by Crippen LogP contribution is 2.19. The molecule has 17 heavy (non-hydrogen) atoms. The van der Waals surface area contributed by atoms with Gasteiger partial charge in [0, 0.05) is 6.54 Å². The number of epoxide rings is 1. The molecule has 2 N–H and O–H groups in total. The van der Waals surface area contributed by atoms with Crippen molar-refractivity contribution in [1.29, 1.82) is 0 Å². The van der Waals surface area contributed by atoms with Crippen LogP contribution >= 0.6 is 0 Å². The summed E-state index contributed by atoms with van der Waals surface area (Å²) in [5.41, 5.74) is -0.386. The molecule has 2 amide bonds. The summed E-state index contributed by atoms with van der Waals surface area (Å²) in [5, 5.41) is 5.28. The molecule has 1 fully saturated rings. The average Bonchev–Trinajstić information content (AvgIpc) is 3.04. The predicted molar refractivity (Wildman–Crippen MR) is 61.5 cm³/mol. The number of hydrogen-bond donors (Lipinski definition) is 2. The van der Waals surface area contributed by atoms with Gasteiger partial charge < -0.3 is 20.1 Å². The Kier molecular flexibility index (Phi) is 4.34. The number of nitrogens with one attached hydrogen (secondary N) is 2. The Hall–Kier alpha value is -1.30. The van der Waals surface area contributed by atoms with Crippen molar-refractivity contribution >= 4 is 12.0 Å². The van der Waals surface area contributed by atoms with E-state index in [9.17, 15) is 9.59 Å². The third kappa shape index (κ3) is 4.60. The number of amides is 2. The fourth-order valence-electron chi connectivity index (χ4n) is 1.35. The van der Waals surface area contributed by atoms with Crippen LogP contribution < -0.4 is 10.6 Å². The van der Waals surface area contributed by atoms with Gasteiger partial charge in [-0.15, -0.1) is 0 Å². The molecule has 0 aromatic rings. The molecule has 0 aliphatic carbocycles. The molecule has 1 heterocycles. The molecule has 1 unspecified atom stereocenters. The molecular weight excluding hydrogens is 224 g/mol. The molecule has 0 aromatic carbocycles. The summed E-state index contributed by atoms with van der Waals surface area (Å²) in [6.45, 7) is 6.79. The number of rotatable bonds is 4. The summed E-state index contributed by atoms with van der Waals surface area (Å²) in [6.07, 6.45) is -0.486. The lowest BCUT2D eigenvalue weighted by atomic mass is 9.86. The number of alkyl carbamates (subject to hydrolysis) is 1. The van der Waals surface area contributed by atoms with Gasteiger partial charge in [-0.25, -0.2) is 4.79 Å². The van der Waals surface area contributed by atoms with Crippen LogP contribution in [0.3, 0.4) is 0 Å². The number of carbonyl (C=O) groups is 2. The van der Waals surface area contributed by atoms with Gasteiger partial charge in [0.25, 0.3) is 0 Å². The zero-order chi connectivity index (χ0) is 13.1. The van der Waals surface area contributed by atoms with E-state index in [1.54, 1.807) is 0 Å². The average molecular weight is 244 g/mol. The Labute approximate surface area is 101 Å². The first-order chi connectivity index (χ1) is 7.84. The number of ether oxygens (including phenoxy) is 2. The van der Waals surface area contributed by atoms with E-state index in [1.165, 1.54) is 7.11 Å².